The zero-order valence-corrected chi connectivity index (χ0v) is 9.27. The zero-order chi connectivity index (χ0) is 9.97. The standard InChI is InChI=1S/C9H9N3S2/c1-6-8(12-13)14-9(11-6)7-3-2-4-10-5-7/h2-5,12-13H,1H3. The summed E-state index contributed by atoms with van der Waals surface area (Å²) in [6.45, 7) is 1.95. The molecule has 0 saturated carbocycles. The van der Waals surface area contributed by atoms with Gasteiger partial charge in [-0.05, 0) is 19.1 Å². The monoisotopic (exact) mass is 223 g/mol. The van der Waals surface area contributed by atoms with Crippen LogP contribution in [0.3, 0.4) is 0 Å². The van der Waals surface area contributed by atoms with Crippen LogP contribution in [-0.4, -0.2) is 9.97 Å². The Balaban J connectivity index is 2.43. The van der Waals surface area contributed by atoms with Crippen LogP contribution < -0.4 is 4.72 Å². The third kappa shape index (κ3) is 1.73. The molecule has 0 bridgehead atoms. The Kier molecular flexibility index (Phi) is 2.69. The van der Waals surface area contributed by atoms with Crippen molar-refractivity contribution in [3.8, 4) is 10.6 Å². The zero-order valence-electron chi connectivity index (χ0n) is 7.56. The predicted molar refractivity (Wildman–Crippen MR) is 62.7 cm³/mol. The number of aromatic nitrogens is 2. The highest BCUT2D eigenvalue weighted by Gasteiger charge is 2.07. The summed E-state index contributed by atoms with van der Waals surface area (Å²) in [5.41, 5.74) is 2.00. The van der Waals surface area contributed by atoms with Gasteiger partial charge in [0.1, 0.15) is 10.0 Å². The number of thiazole rings is 1. The molecule has 0 atom stereocenters. The minimum absolute atomic E-state index is 0.962. The van der Waals surface area contributed by atoms with Gasteiger partial charge < -0.3 is 4.72 Å². The van der Waals surface area contributed by atoms with Crippen LogP contribution in [0.4, 0.5) is 5.00 Å². The first-order chi connectivity index (χ1) is 6.81. The minimum Gasteiger partial charge on any atom is -0.322 e. The topological polar surface area (TPSA) is 37.8 Å². The average Bonchev–Trinajstić information content (AvgIpc) is 2.61. The van der Waals surface area contributed by atoms with Gasteiger partial charge in [-0.3, -0.25) is 4.98 Å². The van der Waals surface area contributed by atoms with Gasteiger partial charge in [0.05, 0.1) is 5.69 Å². The third-order valence-electron chi connectivity index (χ3n) is 1.81. The fourth-order valence-corrected chi connectivity index (χ4v) is 2.27. The number of nitrogens with one attached hydrogen (secondary N) is 1. The average molecular weight is 223 g/mol. The molecule has 0 fully saturated rings. The molecule has 0 spiro atoms. The molecule has 0 radical (unpaired) electrons. The van der Waals surface area contributed by atoms with E-state index >= 15 is 0 Å². The summed E-state index contributed by atoms with van der Waals surface area (Å²) in [7, 11) is 0. The maximum atomic E-state index is 4.42. The van der Waals surface area contributed by atoms with Crippen molar-refractivity contribution >= 4 is 29.2 Å². The third-order valence-corrected chi connectivity index (χ3v) is 3.30. The van der Waals surface area contributed by atoms with Crippen molar-refractivity contribution in [2.24, 2.45) is 0 Å². The minimum atomic E-state index is 0.962. The molecule has 0 unspecified atom stereocenters. The van der Waals surface area contributed by atoms with Crippen LogP contribution in [0.5, 0.6) is 0 Å². The molecular weight excluding hydrogens is 214 g/mol. The Bertz CT molecular complexity index is 425. The van der Waals surface area contributed by atoms with E-state index in [1.165, 1.54) is 0 Å². The van der Waals surface area contributed by atoms with E-state index in [1.807, 2.05) is 19.1 Å². The van der Waals surface area contributed by atoms with Gasteiger partial charge >= 0.3 is 0 Å². The van der Waals surface area contributed by atoms with Crippen molar-refractivity contribution in [2.75, 3.05) is 4.72 Å². The molecule has 1 N–H and O–H groups in total. The Hall–Kier alpha value is -1.07. The van der Waals surface area contributed by atoms with Crippen LogP contribution in [0.25, 0.3) is 10.6 Å². The van der Waals surface area contributed by atoms with E-state index in [0.29, 0.717) is 0 Å². The number of hydrogen-bond acceptors (Lipinski definition) is 5. The van der Waals surface area contributed by atoms with Gasteiger partial charge in [-0.15, -0.1) is 0 Å². The van der Waals surface area contributed by atoms with Crippen LogP contribution in [0, 0.1) is 6.92 Å². The van der Waals surface area contributed by atoms with E-state index < -0.39 is 0 Å². The van der Waals surface area contributed by atoms with E-state index in [0.717, 1.165) is 21.3 Å². The number of rotatable bonds is 2. The number of nitrogens with zero attached hydrogens (tertiary/aromatic N) is 2. The van der Waals surface area contributed by atoms with Crippen molar-refractivity contribution in [3.63, 3.8) is 0 Å². The van der Waals surface area contributed by atoms with Crippen molar-refractivity contribution < 1.29 is 0 Å². The summed E-state index contributed by atoms with van der Waals surface area (Å²) in [4.78, 5) is 8.47. The maximum Gasteiger partial charge on any atom is 0.127 e. The van der Waals surface area contributed by atoms with Gasteiger partial charge in [0.15, 0.2) is 0 Å². The van der Waals surface area contributed by atoms with E-state index in [-0.39, 0.29) is 0 Å². The van der Waals surface area contributed by atoms with Gasteiger partial charge in [-0.25, -0.2) is 4.98 Å². The molecule has 2 aromatic rings. The quantitative estimate of drug-likeness (QED) is 0.769. The lowest BCUT2D eigenvalue weighted by atomic mass is 10.3. The van der Waals surface area contributed by atoms with E-state index in [1.54, 1.807) is 23.7 Å². The normalized spacial score (nSPS) is 10.1. The molecule has 0 aliphatic carbocycles. The molecule has 72 valence electrons. The summed E-state index contributed by atoms with van der Waals surface area (Å²) in [6, 6.07) is 3.90. The van der Waals surface area contributed by atoms with Crippen molar-refractivity contribution in [3.05, 3.63) is 30.2 Å². The van der Waals surface area contributed by atoms with Crippen molar-refractivity contribution in [1.29, 1.82) is 0 Å². The maximum absolute atomic E-state index is 4.42. The highest BCUT2D eigenvalue weighted by atomic mass is 32.1. The van der Waals surface area contributed by atoms with Crippen LogP contribution in [0.1, 0.15) is 5.69 Å². The fourth-order valence-electron chi connectivity index (χ4n) is 1.11. The second-order valence-electron chi connectivity index (χ2n) is 2.79. The first-order valence-corrected chi connectivity index (χ1v) is 5.35. The summed E-state index contributed by atoms with van der Waals surface area (Å²) in [5, 5.41) is 1.94. The molecule has 3 nitrogen and oxygen atoms in total. The van der Waals surface area contributed by atoms with E-state index in [2.05, 4.69) is 27.5 Å². The van der Waals surface area contributed by atoms with Gasteiger partial charge in [-0.1, -0.05) is 24.2 Å². The van der Waals surface area contributed by atoms with Gasteiger partial charge in [0.25, 0.3) is 0 Å². The molecule has 2 rings (SSSR count). The number of hydrogen-bond donors (Lipinski definition) is 2. The molecule has 2 heterocycles. The predicted octanol–water partition coefficient (Wildman–Crippen LogP) is 2.77. The molecular formula is C9H9N3S2. The summed E-state index contributed by atoms with van der Waals surface area (Å²) >= 11 is 5.58. The second kappa shape index (κ2) is 3.98. The molecule has 0 aliphatic rings. The summed E-state index contributed by atoms with van der Waals surface area (Å²) < 4.78 is 2.82. The van der Waals surface area contributed by atoms with Crippen LogP contribution >= 0.6 is 24.2 Å². The molecule has 0 aliphatic heterocycles. The SMILES string of the molecule is Cc1nc(-c2cccnc2)sc1NS. The number of thiol groups is 1. The summed E-state index contributed by atoms with van der Waals surface area (Å²) in [5.74, 6) is 0. The number of aryl methyl sites for hydroxylation is 1. The Morgan fingerprint density at radius 1 is 1.50 bits per heavy atom. The first kappa shape index (κ1) is 9.48. The first-order valence-electron chi connectivity index (χ1n) is 4.09. The van der Waals surface area contributed by atoms with Crippen LogP contribution in [0.2, 0.25) is 0 Å². The molecule has 14 heavy (non-hydrogen) atoms. The fraction of sp³-hybridized carbons (Fsp3) is 0.111. The lowest BCUT2D eigenvalue weighted by Gasteiger charge is -1.92. The highest BCUT2D eigenvalue weighted by molar-refractivity contribution is 7.82. The lowest BCUT2D eigenvalue weighted by Crippen LogP contribution is -1.79. The van der Waals surface area contributed by atoms with Crippen LogP contribution in [-0.2, 0) is 0 Å². The lowest BCUT2D eigenvalue weighted by molar-refractivity contribution is 1.25. The Labute approximate surface area is 91.8 Å². The van der Waals surface area contributed by atoms with Gasteiger partial charge in [0, 0.05) is 18.0 Å². The van der Waals surface area contributed by atoms with E-state index in [9.17, 15) is 0 Å². The molecule has 2 aromatic heterocycles. The molecule has 0 aromatic carbocycles. The van der Waals surface area contributed by atoms with Crippen molar-refractivity contribution in [2.45, 2.75) is 6.92 Å². The van der Waals surface area contributed by atoms with E-state index in [4.69, 9.17) is 0 Å². The second-order valence-corrected chi connectivity index (χ2v) is 4.01. The highest BCUT2D eigenvalue weighted by Crippen LogP contribution is 2.31. The molecule has 5 heteroatoms. The molecule has 0 saturated heterocycles. The Morgan fingerprint density at radius 2 is 2.36 bits per heavy atom. The Morgan fingerprint density at radius 3 is 2.93 bits per heavy atom. The van der Waals surface area contributed by atoms with Crippen LogP contribution in [0.15, 0.2) is 24.5 Å². The van der Waals surface area contributed by atoms with Gasteiger partial charge in [0.2, 0.25) is 0 Å². The largest absolute Gasteiger partial charge is 0.322 e. The molecule has 0 amide bonds. The summed E-state index contributed by atoms with van der Waals surface area (Å²) in [6.07, 6.45) is 3.56. The van der Waals surface area contributed by atoms with Gasteiger partial charge in [-0.2, -0.15) is 0 Å². The number of anilines is 1. The smallest absolute Gasteiger partial charge is 0.127 e. The number of pyridine rings is 1. The van der Waals surface area contributed by atoms with Crippen molar-refractivity contribution in [1.82, 2.24) is 9.97 Å².